The number of hydrogen-bond acceptors (Lipinski definition) is 5. The highest BCUT2D eigenvalue weighted by Crippen LogP contribution is 2.27. The predicted molar refractivity (Wildman–Crippen MR) is 104 cm³/mol. The van der Waals surface area contributed by atoms with Crippen LogP contribution in [0.25, 0.3) is 11.5 Å². The number of thioether (sulfide) groups is 1. The third-order valence-corrected chi connectivity index (χ3v) is 4.92. The summed E-state index contributed by atoms with van der Waals surface area (Å²) < 4.78 is 18.6. The van der Waals surface area contributed by atoms with Crippen molar-refractivity contribution in [3.63, 3.8) is 0 Å². The first-order valence-electron chi connectivity index (χ1n) is 8.59. The fourth-order valence-corrected chi connectivity index (χ4v) is 3.05. The molecule has 0 unspecified atom stereocenters. The number of nitrogens with zero attached hydrogens (tertiary/aromatic N) is 2. The van der Waals surface area contributed by atoms with Crippen molar-refractivity contribution in [2.24, 2.45) is 0 Å². The molecule has 1 heterocycles. The van der Waals surface area contributed by atoms with Gasteiger partial charge in [-0.25, -0.2) is 4.39 Å². The molecule has 1 aromatic heterocycles. The van der Waals surface area contributed by atoms with E-state index in [0.29, 0.717) is 11.5 Å². The molecular weight excluding hydrogens is 365 g/mol. The van der Waals surface area contributed by atoms with Crippen molar-refractivity contribution in [2.45, 2.75) is 37.2 Å². The maximum atomic E-state index is 13.0. The molecule has 0 aliphatic carbocycles. The van der Waals surface area contributed by atoms with Crippen LogP contribution in [-0.4, -0.2) is 21.4 Å². The third-order valence-electron chi connectivity index (χ3n) is 3.99. The highest BCUT2D eigenvalue weighted by molar-refractivity contribution is 8.00. The fourth-order valence-electron chi connectivity index (χ4n) is 2.37. The van der Waals surface area contributed by atoms with Gasteiger partial charge in [0.05, 0.1) is 5.25 Å². The molecule has 7 heteroatoms. The molecule has 5 nitrogen and oxygen atoms in total. The molecule has 0 aliphatic heterocycles. The topological polar surface area (TPSA) is 68.0 Å². The van der Waals surface area contributed by atoms with Gasteiger partial charge in [-0.1, -0.05) is 37.7 Å². The summed E-state index contributed by atoms with van der Waals surface area (Å²) in [4.78, 5) is 12.4. The number of carbonyl (C=O) groups excluding carboxylic acids is 1. The van der Waals surface area contributed by atoms with Crippen molar-refractivity contribution >= 4 is 23.4 Å². The molecular formula is C20H20FN3O2S. The van der Waals surface area contributed by atoms with E-state index in [1.807, 2.05) is 24.3 Å². The summed E-state index contributed by atoms with van der Waals surface area (Å²) in [5, 5.41) is 10.6. The van der Waals surface area contributed by atoms with Crippen LogP contribution in [-0.2, 0) is 4.79 Å². The molecule has 3 aromatic rings. The minimum absolute atomic E-state index is 0.154. The monoisotopic (exact) mass is 385 g/mol. The highest BCUT2D eigenvalue weighted by atomic mass is 32.2. The van der Waals surface area contributed by atoms with Crippen LogP contribution >= 0.6 is 11.8 Å². The van der Waals surface area contributed by atoms with Gasteiger partial charge in [0.2, 0.25) is 11.8 Å². The second-order valence-corrected chi connectivity index (χ2v) is 7.70. The Labute approximate surface area is 161 Å². The zero-order valence-corrected chi connectivity index (χ0v) is 16.1. The van der Waals surface area contributed by atoms with E-state index < -0.39 is 5.25 Å². The first kappa shape index (κ1) is 19.1. The van der Waals surface area contributed by atoms with Crippen molar-refractivity contribution in [2.75, 3.05) is 5.32 Å². The molecule has 0 bridgehead atoms. The van der Waals surface area contributed by atoms with Crippen LogP contribution in [0.1, 0.15) is 32.3 Å². The van der Waals surface area contributed by atoms with Crippen molar-refractivity contribution in [3.05, 3.63) is 59.9 Å². The quantitative estimate of drug-likeness (QED) is 0.597. The molecule has 1 atom stereocenters. The Kier molecular flexibility index (Phi) is 5.91. The van der Waals surface area contributed by atoms with Gasteiger partial charge in [-0.3, -0.25) is 4.79 Å². The van der Waals surface area contributed by atoms with Crippen molar-refractivity contribution in [1.29, 1.82) is 0 Å². The van der Waals surface area contributed by atoms with Gasteiger partial charge < -0.3 is 9.73 Å². The number of halogens is 1. The van der Waals surface area contributed by atoms with Gasteiger partial charge in [0.1, 0.15) is 5.82 Å². The number of carbonyl (C=O) groups is 1. The molecule has 0 saturated carbocycles. The molecule has 0 saturated heterocycles. The van der Waals surface area contributed by atoms with Crippen LogP contribution in [0.4, 0.5) is 10.1 Å². The van der Waals surface area contributed by atoms with Gasteiger partial charge >= 0.3 is 0 Å². The molecule has 2 aromatic carbocycles. The second kappa shape index (κ2) is 8.35. The van der Waals surface area contributed by atoms with Crippen molar-refractivity contribution in [1.82, 2.24) is 10.2 Å². The lowest BCUT2D eigenvalue weighted by Crippen LogP contribution is -2.22. The molecule has 27 heavy (non-hydrogen) atoms. The van der Waals surface area contributed by atoms with E-state index in [-0.39, 0.29) is 22.8 Å². The molecule has 3 rings (SSSR count). The van der Waals surface area contributed by atoms with Crippen LogP contribution in [0.2, 0.25) is 0 Å². The van der Waals surface area contributed by atoms with Gasteiger partial charge in [0.25, 0.3) is 5.22 Å². The van der Waals surface area contributed by atoms with Crippen molar-refractivity contribution in [3.8, 4) is 11.5 Å². The number of anilines is 1. The zero-order chi connectivity index (χ0) is 19.4. The van der Waals surface area contributed by atoms with Gasteiger partial charge in [0, 0.05) is 11.3 Å². The van der Waals surface area contributed by atoms with E-state index in [1.54, 1.807) is 19.1 Å². The molecule has 1 N–H and O–H groups in total. The Morgan fingerprint density at radius 2 is 1.70 bits per heavy atom. The lowest BCUT2D eigenvalue weighted by atomic mass is 10.0. The summed E-state index contributed by atoms with van der Waals surface area (Å²) in [7, 11) is 0. The zero-order valence-electron chi connectivity index (χ0n) is 15.3. The molecule has 0 spiro atoms. The summed E-state index contributed by atoms with van der Waals surface area (Å²) in [5.41, 5.74) is 2.59. The van der Waals surface area contributed by atoms with E-state index >= 15 is 0 Å². The number of amides is 1. The Hall–Kier alpha value is -2.67. The number of nitrogens with one attached hydrogen (secondary N) is 1. The largest absolute Gasteiger partial charge is 0.411 e. The second-order valence-electron chi connectivity index (χ2n) is 6.41. The Balaban J connectivity index is 1.60. The lowest BCUT2D eigenvalue weighted by Gasteiger charge is -2.11. The maximum absolute atomic E-state index is 13.0. The summed E-state index contributed by atoms with van der Waals surface area (Å²) >= 11 is 1.17. The minimum Gasteiger partial charge on any atom is -0.411 e. The Bertz CT molecular complexity index is 908. The normalized spacial score (nSPS) is 12.2. The first-order valence-corrected chi connectivity index (χ1v) is 9.47. The Morgan fingerprint density at radius 3 is 2.33 bits per heavy atom. The average Bonchev–Trinajstić information content (AvgIpc) is 3.11. The van der Waals surface area contributed by atoms with Crippen LogP contribution < -0.4 is 5.32 Å². The van der Waals surface area contributed by atoms with Gasteiger partial charge in [0.15, 0.2) is 0 Å². The summed E-state index contributed by atoms with van der Waals surface area (Å²) in [5.74, 6) is 0.241. The first-order chi connectivity index (χ1) is 12.9. The molecule has 0 radical (unpaired) electrons. The van der Waals surface area contributed by atoms with Crippen LogP contribution in [0, 0.1) is 5.82 Å². The predicted octanol–water partition coefficient (Wildman–Crippen LogP) is 5.12. The number of aromatic nitrogens is 2. The van der Waals surface area contributed by atoms with E-state index in [9.17, 15) is 9.18 Å². The minimum atomic E-state index is -0.420. The van der Waals surface area contributed by atoms with Gasteiger partial charge in [-0.2, -0.15) is 0 Å². The third kappa shape index (κ3) is 4.95. The van der Waals surface area contributed by atoms with E-state index in [2.05, 4.69) is 29.4 Å². The fraction of sp³-hybridized carbons (Fsp3) is 0.250. The number of hydrogen-bond donors (Lipinski definition) is 1. The standard InChI is InChI=1S/C20H20FN3O2S/c1-12(2)14-6-10-17(11-7-14)22-18(25)13(3)27-20-24-23-19(26-20)15-4-8-16(21)9-5-15/h4-13H,1-3H3,(H,22,25)/t13-/m1/s1. The summed E-state index contributed by atoms with van der Waals surface area (Å²) in [6, 6.07) is 13.6. The highest BCUT2D eigenvalue weighted by Gasteiger charge is 2.19. The van der Waals surface area contributed by atoms with E-state index in [4.69, 9.17) is 4.42 Å². The maximum Gasteiger partial charge on any atom is 0.277 e. The molecule has 140 valence electrons. The van der Waals surface area contributed by atoms with E-state index in [1.165, 1.54) is 29.5 Å². The van der Waals surface area contributed by atoms with Gasteiger partial charge in [-0.05, 0) is 54.8 Å². The van der Waals surface area contributed by atoms with Gasteiger partial charge in [-0.15, -0.1) is 10.2 Å². The lowest BCUT2D eigenvalue weighted by molar-refractivity contribution is -0.115. The van der Waals surface area contributed by atoms with Crippen molar-refractivity contribution < 1.29 is 13.6 Å². The molecule has 0 aliphatic rings. The van der Waals surface area contributed by atoms with Crippen LogP contribution in [0.3, 0.4) is 0 Å². The summed E-state index contributed by atoms with van der Waals surface area (Å²) in [6.45, 7) is 6.01. The van der Waals surface area contributed by atoms with Crippen LogP contribution in [0.5, 0.6) is 0 Å². The molecule has 1 amide bonds. The molecule has 0 fully saturated rings. The summed E-state index contributed by atoms with van der Waals surface area (Å²) in [6.07, 6.45) is 0. The Morgan fingerprint density at radius 1 is 1.04 bits per heavy atom. The number of rotatable bonds is 6. The van der Waals surface area contributed by atoms with Crippen LogP contribution in [0.15, 0.2) is 58.2 Å². The van der Waals surface area contributed by atoms with E-state index in [0.717, 1.165) is 5.69 Å². The SMILES string of the molecule is CC(C)c1ccc(NC(=O)[C@@H](C)Sc2nnc(-c3ccc(F)cc3)o2)cc1. The smallest absolute Gasteiger partial charge is 0.277 e. The average molecular weight is 385 g/mol. The number of benzene rings is 2.